The largest absolute Gasteiger partial charge is 0.497 e. The van der Waals surface area contributed by atoms with Crippen molar-refractivity contribution in [2.45, 2.75) is 63.3 Å². The maximum absolute atomic E-state index is 11.8. The van der Waals surface area contributed by atoms with Gasteiger partial charge in [0.05, 0.1) is 7.11 Å². The van der Waals surface area contributed by atoms with E-state index in [1.54, 1.807) is 7.11 Å². The van der Waals surface area contributed by atoms with Crippen molar-refractivity contribution in [3.8, 4) is 5.75 Å². The highest BCUT2D eigenvalue weighted by Gasteiger charge is 2.52. The van der Waals surface area contributed by atoms with Crippen molar-refractivity contribution in [2.24, 2.45) is 0 Å². The second-order valence-electron chi connectivity index (χ2n) is 7.23. The van der Waals surface area contributed by atoms with Crippen LogP contribution in [-0.2, 0) is 48.6 Å². The summed E-state index contributed by atoms with van der Waals surface area (Å²) in [4.78, 5) is 46.8. The van der Waals surface area contributed by atoms with Crippen molar-refractivity contribution in [3.63, 3.8) is 0 Å². The predicted octanol–water partition coefficient (Wildman–Crippen LogP) is 2.01. The monoisotopic (exact) mass is 484 g/mol. The van der Waals surface area contributed by atoms with Crippen LogP contribution in [0.5, 0.6) is 5.75 Å². The Balaban J connectivity index is 2.33. The molecular weight excluding hydrogens is 456 g/mol. The van der Waals surface area contributed by atoms with Crippen LogP contribution in [0.25, 0.3) is 0 Å². The third-order valence-corrected chi connectivity index (χ3v) is 5.73. The molecule has 1 heterocycles. The van der Waals surface area contributed by atoms with Gasteiger partial charge in [-0.1, -0.05) is 12.1 Å². The fraction of sp³-hybridized carbons (Fsp3) is 0.545. The number of benzene rings is 1. The Morgan fingerprint density at radius 1 is 0.818 bits per heavy atom. The molecule has 0 spiro atoms. The summed E-state index contributed by atoms with van der Waals surface area (Å²) in [6.07, 6.45) is -4.36. The van der Waals surface area contributed by atoms with Crippen LogP contribution < -0.4 is 4.74 Å². The summed E-state index contributed by atoms with van der Waals surface area (Å²) in [7, 11) is 1.57. The van der Waals surface area contributed by atoms with E-state index in [9.17, 15) is 19.2 Å². The maximum Gasteiger partial charge on any atom is 0.303 e. The lowest BCUT2D eigenvalue weighted by atomic mass is 9.99. The van der Waals surface area contributed by atoms with Gasteiger partial charge in [-0.25, -0.2) is 0 Å². The molecule has 0 radical (unpaired) electrons. The Morgan fingerprint density at radius 3 is 1.88 bits per heavy atom. The molecule has 11 heteroatoms. The smallest absolute Gasteiger partial charge is 0.303 e. The summed E-state index contributed by atoms with van der Waals surface area (Å²) in [5.74, 6) is -1.36. The van der Waals surface area contributed by atoms with E-state index in [1.807, 2.05) is 24.3 Å². The number of carbonyl (C=O) groups excluding carboxylic acids is 4. The Bertz CT molecular complexity index is 840. The van der Waals surface area contributed by atoms with Crippen LogP contribution in [-0.4, -0.2) is 67.4 Å². The first kappa shape index (κ1) is 26.5. The number of esters is 4. The molecule has 0 aliphatic carbocycles. The van der Waals surface area contributed by atoms with Crippen LogP contribution in [0.2, 0.25) is 0 Å². The maximum atomic E-state index is 11.8. The van der Waals surface area contributed by atoms with Gasteiger partial charge in [0.25, 0.3) is 0 Å². The summed E-state index contributed by atoms with van der Waals surface area (Å²) in [5, 5.41) is 0. The van der Waals surface area contributed by atoms with Crippen molar-refractivity contribution in [1.29, 1.82) is 0 Å². The van der Waals surface area contributed by atoms with Crippen molar-refractivity contribution in [2.75, 3.05) is 13.7 Å². The number of methoxy groups -OCH3 is 1. The quantitative estimate of drug-likeness (QED) is 0.378. The molecule has 1 aromatic carbocycles. The Morgan fingerprint density at radius 2 is 1.36 bits per heavy atom. The van der Waals surface area contributed by atoms with Gasteiger partial charge in [-0.15, -0.1) is 11.8 Å². The normalized spacial score (nSPS) is 24.3. The highest BCUT2D eigenvalue weighted by atomic mass is 32.2. The zero-order chi connectivity index (χ0) is 24.5. The summed E-state index contributed by atoms with van der Waals surface area (Å²) in [5.41, 5.74) is 0.126. The van der Waals surface area contributed by atoms with Gasteiger partial charge < -0.3 is 28.4 Å². The summed E-state index contributed by atoms with van der Waals surface area (Å²) in [6, 6.07) is 7.36. The van der Waals surface area contributed by atoms with E-state index in [4.69, 9.17) is 28.4 Å². The standard InChI is InChI=1S/C22H28O10S/c1-12(23)28-10-18-19(29-13(2)24)20(30-14(3)25)21(31-15(4)26)22(32-18)33-11-16-6-8-17(27-5)9-7-16/h6-9,18-22H,10-11H2,1-5H3/t18-,19+,20+,21-,22-/m1/s1. The van der Waals surface area contributed by atoms with Gasteiger partial charge in [0, 0.05) is 33.4 Å². The predicted molar refractivity (Wildman–Crippen MR) is 116 cm³/mol. The van der Waals surface area contributed by atoms with E-state index in [1.165, 1.54) is 39.5 Å². The van der Waals surface area contributed by atoms with Crippen LogP contribution in [0.15, 0.2) is 24.3 Å². The lowest BCUT2D eigenvalue weighted by Gasteiger charge is -2.44. The van der Waals surface area contributed by atoms with Crippen molar-refractivity contribution >= 4 is 35.6 Å². The molecular formula is C22H28O10S. The molecule has 1 aliphatic rings. The van der Waals surface area contributed by atoms with E-state index in [0.29, 0.717) is 11.5 Å². The minimum atomic E-state index is -1.17. The second-order valence-corrected chi connectivity index (χ2v) is 8.31. The van der Waals surface area contributed by atoms with Gasteiger partial charge in [0.1, 0.15) is 23.9 Å². The molecule has 1 aliphatic heterocycles. The Kier molecular flexibility index (Phi) is 9.98. The number of carbonyl (C=O) groups is 4. The summed E-state index contributed by atoms with van der Waals surface area (Å²) < 4.78 is 32.5. The molecule has 1 fully saturated rings. The van der Waals surface area contributed by atoms with Gasteiger partial charge in [0.15, 0.2) is 18.3 Å². The molecule has 10 nitrogen and oxygen atoms in total. The molecule has 33 heavy (non-hydrogen) atoms. The fourth-order valence-electron chi connectivity index (χ4n) is 3.22. The van der Waals surface area contributed by atoms with Gasteiger partial charge in [0.2, 0.25) is 0 Å². The number of thioether (sulfide) groups is 1. The van der Waals surface area contributed by atoms with Crippen LogP contribution >= 0.6 is 11.8 Å². The molecule has 0 aromatic heterocycles. The first-order valence-electron chi connectivity index (χ1n) is 10.2. The Labute approximate surface area is 196 Å². The van der Waals surface area contributed by atoms with Crippen molar-refractivity contribution in [3.05, 3.63) is 29.8 Å². The first-order chi connectivity index (χ1) is 15.6. The number of ether oxygens (including phenoxy) is 6. The Hall–Kier alpha value is -2.79. The zero-order valence-corrected chi connectivity index (χ0v) is 19.9. The lowest BCUT2D eigenvalue weighted by molar-refractivity contribution is -0.237. The molecule has 2 rings (SSSR count). The van der Waals surface area contributed by atoms with E-state index in [0.717, 1.165) is 5.56 Å². The third kappa shape index (κ3) is 8.25. The van der Waals surface area contributed by atoms with E-state index >= 15 is 0 Å². The van der Waals surface area contributed by atoms with Crippen molar-refractivity contribution in [1.82, 2.24) is 0 Å². The fourth-order valence-corrected chi connectivity index (χ4v) is 4.39. The number of hydrogen-bond donors (Lipinski definition) is 0. The molecule has 0 saturated carbocycles. The lowest BCUT2D eigenvalue weighted by Crippen LogP contribution is -2.61. The zero-order valence-electron chi connectivity index (χ0n) is 19.1. The highest BCUT2D eigenvalue weighted by Crippen LogP contribution is 2.35. The van der Waals surface area contributed by atoms with Crippen LogP contribution in [0.4, 0.5) is 0 Å². The van der Waals surface area contributed by atoms with Crippen molar-refractivity contribution < 1.29 is 47.6 Å². The third-order valence-electron chi connectivity index (χ3n) is 4.52. The van der Waals surface area contributed by atoms with Gasteiger partial charge >= 0.3 is 23.9 Å². The van der Waals surface area contributed by atoms with E-state index < -0.39 is 53.7 Å². The summed E-state index contributed by atoms with van der Waals surface area (Å²) in [6.45, 7) is 4.55. The van der Waals surface area contributed by atoms with Gasteiger partial charge in [-0.05, 0) is 17.7 Å². The second kappa shape index (κ2) is 12.4. The molecule has 0 N–H and O–H groups in total. The minimum absolute atomic E-state index is 0.253. The molecule has 0 bridgehead atoms. The molecule has 1 aromatic rings. The topological polar surface area (TPSA) is 124 Å². The molecule has 1 saturated heterocycles. The number of rotatable bonds is 9. The summed E-state index contributed by atoms with van der Waals surface area (Å²) >= 11 is 1.29. The van der Waals surface area contributed by atoms with Crippen LogP contribution in [0.3, 0.4) is 0 Å². The van der Waals surface area contributed by atoms with Crippen LogP contribution in [0.1, 0.15) is 33.3 Å². The molecule has 5 atom stereocenters. The average molecular weight is 485 g/mol. The van der Waals surface area contributed by atoms with Crippen LogP contribution in [0, 0.1) is 0 Å². The molecule has 182 valence electrons. The average Bonchev–Trinajstić information content (AvgIpc) is 2.73. The molecule has 0 unspecified atom stereocenters. The first-order valence-corrected chi connectivity index (χ1v) is 11.2. The number of hydrogen-bond acceptors (Lipinski definition) is 11. The van der Waals surface area contributed by atoms with E-state index in [-0.39, 0.29) is 6.61 Å². The highest BCUT2D eigenvalue weighted by molar-refractivity contribution is 7.99. The van der Waals surface area contributed by atoms with Gasteiger partial charge in [-0.3, -0.25) is 19.2 Å². The minimum Gasteiger partial charge on any atom is -0.497 e. The van der Waals surface area contributed by atoms with Gasteiger partial charge in [-0.2, -0.15) is 0 Å². The molecule has 0 amide bonds. The van der Waals surface area contributed by atoms with E-state index in [2.05, 4.69) is 0 Å². The SMILES string of the molecule is COc1ccc(CS[C@H]2O[C@H](COC(C)=O)[C@H](OC(C)=O)[C@H](OC(C)=O)[C@H]2OC(C)=O)cc1.